The maximum Gasteiger partial charge on any atom is 0.0501 e. The minimum Gasteiger partial charge on any atom is -0.271 e. The first kappa shape index (κ1) is 15.7. The van der Waals surface area contributed by atoms with Gasteiger partial charge in [0.2, 0.25) is 0 Å². The minimum atomic E-state index is 0.0880. The van der Waals surface area contributed by atoms with Crippen molar-refractivity contribution in [2.75, 3.05) is 0 Å². The van der Waals surface area contributed by atoms with Gasteiger partial charge in [0, 0.05) is 8.95 Å². The molecule has 0 saturated heterocycles. The van der Waals surface area contributed by atoms with Crippen LogP contribution in [0.25, 0.3) is 0 Å². The van der Waals surface area contributed by atoms with E-state index in [0.717, 1.165) is 20.9 Å². The summed E-state index contributed by atoms with van der Waals surface area (Å²) in [6, 6.07) is 12.9. The smallest absolute Gasteiger partial charge is 0.0501 e. The zero-order chi connectivity index (χ0) is 14.7. The molecule has 0 aliphatic heterocycles. The van der Waals surface area contributed by atoms with Crippen molar-refractivity contribution in [3.05, 3.63) is 67.6 Å². The topological polar surface area (TPSA) is 38.0 Å². The molecule has 0 aliphatic rings. The summed E-state index contributed by atoms with van der Waals surface area (Å²) in [4.78, 5) is 0. The number of nitrogens with two attached hydrogens (primary N) is 1. The average Bonchev–Trinajstić information content (AvgIpc) is 2.33. The summed E-state index contributed by atoms with van der Waals surface area (Å²) in [5, 5.41) is 0. The molecule has 1 unspecified atom stereocenters. The molecule has 20 heavy (non-hydrogen) atoms. The van der Waals surface area contributed by atoms with Gasteiger partial charge in [0.05, 0.1) is 6.04 Å². The predicted octanol–water partition coefficient (Wildman–Crippen LogP) is 4.58. The first-order valence-electron chi connectivity index (χ1n) is 6.47. The van der Waals surface area contributed by atoms with E-state index < -0.39 is 0 Å². The predicted molar refractivity (Wildman–Crippen MR) is 91.5 cm³/mol. The SMILES string of the molecule is Cc1cc(C)cc(CC(NN)c2cc(Br)cc(Br)c2)c1. The van der Waals surface area contributed by atoms with Gasteiger partial charge in [-0.15, -0.1) is 0 Å². The third kappa shape index (κ3) is 4.16. The number of aryl methyl sites for hydroxylation is 2. The maximum absolute atomic E-state index is 5.75. The van der Waals surface area contributed by atoms with Gasteiger partial charge in [0.15, 0.2) is 0 Å². The third-order valence-electron chi connectivity index (χ3n) is 3.21. The monoisotopic (exact) mass is 396 g/mol. The van der Waals surface area contributed by atoms with Crippen molar-refractivity contribution in [3.63, 3.8) is 0 Å². The molecule has 2 aromatic rings. The van der Waals surface area contributed by atoms with Gasteiger partial charge in [-0.05, 0) is 49.6 Å². The normalized spacial score (nSPS) is 12.4. The van der Waals surface area contributed by atoms with E-state index in [2.05, 4.69) is 81.5 Å². The van der Waals surface area contributed by atoms with Gasteiger partial charge >= 0.3 is 0 Å². The number of nitrogens with one attached hydrogen (secondary N) is 1. The summed E-state index contributed by atoms with van der Waals surface area (Å²) in [5.74, 6) is 5.75. The van der Waals surface area contributed by atoms with Gasteiger partial charge < -0.3 is 0 Å². The van der Waals surface area contributed by atoms with Crippen molar-refractivity contribution in [1.29, 1.82) is 0 Å². The molecule has 0 fully saturated rings. The molecule has 1 atom stereocenters. The van der Waals surface area contributed by atoms with Crippen LogP contribution in [-0.2, 0) is 6.42 Å². The van der Waals surface area contributed by atoms with Crippen molar-refractivity contribution < 1.29 is 0 Å². The summed E-state index contributed by atoms with van der Waals surface area (Å²) >= 11 is 7.04. The number of hydrogen-bond acceptors (Lipinski definition) is 2. The molecule has 2 nitrogen and oxygen atoms in total. The van der Waals surface area contributed by atoms with Crippen molar-refractivity contribution in [2.24, 2.45) is 5.84 Å². The first-order chi connectivity index (χ1) is 9.47. The Morgan fingerprint density at radius 1 is 0.950 bits per heavy atom. The van der Waals surface area contributed by atoms with E-state index in [1.807, 2.05) is 6.07 Å². The summed E-state index contributed by atoms with van der Waals surface area (Å²) in [7, 11) is 0. The molecule has 0 heterocycles. The Morgan fingerprint density at radius 2 is 1.50 bits per heavy atom. The third-order valence-corrected chi connectivity index (χ3v) is 4.13. The van der Waals surface area contributed by atoms with Crippen molar-refractivity contribution in [2.45, 2.75) is 26.3 Å². The highest BCUT2D eigenvalue weighted by atomic mass is 79.9. The standard InChI is InChI=1S/C16H18Br2N2/c1-10-3-11(2)5-12(4-10)6-16(20-19)13-7-14(17)9-15(18)8-13/h3-5,7-9,16,20H,6,19H2,1-2H3. The Kier molecular flexibility index (Phi) is 5.38. The lowest BCUT2D eigenvalue weighted by atomic mass is 9.97. The van der Waals surface area contributed by atoms with Gasteiger partial charge in [-0.25, -0.2) is 0 Å². The Balaban J connectivity index is 2.28. The Labute approximate surface area is 137 Å². The summed E-state index contributed by atoms with van der Waals surface area (Å²) < 4.78 is 2.09. The van der Waals surface area contributed by atoms with Crippen LogP contribution < -0.4 is 11.3 Å². The van der Waals surface area contributed by atoms with E-state index >= 15 is 0 Å². The Morgan fingerprint density at radius 3 is 2.00 bits per heavy atom. The fraction of sp³-hybridized carbons (Fsp3) is 0.250. The summed E-state index contributed by atoms with van der Waals surface area (Å²) in [5.41, 5.74) is 7.94. The van der Waals surface area contributed by atoms with Crippen LogP contribution in [0.3, 0.4) is 0 Å². The number of rotatable bonds is 4. The largest absolute Gasteiger partial charge is 0.271 e. The molecular weight excluding hydrogens is 380 g/mol. The van der Waals surface area contributed by atoms with E-state index in [1.165, 1.54) is 16.7 Å². The summed E-state index contributed by atoms with van der Waals surface area (Å²) in [6.45, 7) is 4.24. The van der Waals surface area contributed by atoms with E-state index in [1.54, 1.807) is 0 Å². The van der Waals surface area contributed by atoms with Crippen molar-refractivity contribution in [3.8, 4) is 0 Å². The van der Waals surface area contributed by atoms with Crippen LogP contribution in [0.4, 0.5) is 0 Å². The highest BCUT2D eigenvalue weighted by molar-refractivity contribution is 9.11. The van der Waals surface area contributed by atoms with Crippen molar-refractivity contribution in [1.82, 2.24) is 5.43 Å². The molecule has 0 radical (unpaired) electrons. The Bertz CT molecular complexity index is 571. The number of hydrazine groups is 1. The van der Waals surface area contributed by atoms with E-state index in [-0.39, 0.29) is 6.04 Å². The fourth-order valence-electron chi connectivity index (χ4n) is 2.47. The van der Waals surface area contributed by atoms with Crippen molar-refractivity contribution >= 4 is 31.9 Å². The van der Waals surface area contributed by atoms with Gasteiger partial charge in [0.25, 0.3) is 0 Å². The number of halogens is 2. The first-order valence-corrected chi connectivity index (χ1v) is 8.06. The van der Waals surface area contributed by atoms with Crippen LogP contribution in [0, 0.1) is 13.8 Å². The molecular formula is C16H18Br2N2. The lowest BCUT2D eigenvalue weighted by Gasteiger charge is -2.18. The van der Waals surface area contributed by atoms with Crippen LogP contribution in [0.15, 0.2) is 45.3 Å². The van der Waals surface area contributed by atoms with Crippen LogP contribution in [0.2, 0.25) is 0 Å². The second-order valence-corrected chi connectivity index (χ2v) is 6.95. The average molecular weight is 398 g/mol. The molecule has 0 bridgehead atoms. The van der Waals surface area contributed by atoms with Gasteiger partial charge in [-0.1, -0.05) is 61.2 Å². The fourth-order valence-corrected chi connectivity index (χ4v) is 3.80. The Hall–Kier alpha value is -0.680. The number of hydrogen-bond donors (Lipinski definition) is 2. The van der Waals surface area contributed by atoms with E-state index in [9.17, 15) is 0 Å². The molecule has 0 spiro atoms. The second-order valence-electron chi connectivity index (χ2n) is 5.12. The summed E-state index contributed by atoms with van der Waals surface area (Å²) in [6.07, 6.45) is 0.863. The zero-order valence-electron chi connectivity index (χ0n) is 11.6. The minimum absolute atomic E-state index is 0.0880. The molecule has 3 N–H and O–H groups in total. The van der Waals surface area contributed by atoms with E-state index in [0.29, 0.717) is 0 Å². The molecule has 0 aliphatic carbocycles. The lowest BCUT2D eigenvalue weighted by Crippen LogP contribution is -2.29. The zero-order valence-corrected chi connectivity index (χ0v) is 14.8. The van der Waals surface area contributed by atoms with Gasteiger partial charge in [-0.2, -0.15) is 0 Å². The van der Waals surface area contributed by atoms with E-state index in [4.69, 9.17) is 5.84 Å². The van der Waals surface area contributed by atoms with Gasteiger partial charge in [-0.3, -0.25) is 11.3 Å². The second kappa shape index (κ2) is 6.85. The van der Waals surface area contributed by atoms with Crippen LogP contribution in [0.5, 0.6) is 0 Å². The molecule has 106 valence electrons. The maximum atomic E-state index is 5.75. The highest BCUT2D eigenvalue weighted by Crippen LogP contribution is 2.26. The highest BCUT2D eigenvalue weighted by Gasteiger charge is 2.12. The van der Waals surface area contributed by atoms with Gasteiger partial charge in [0.1, 0.15) is 0 Å². The number of benzene rings is 2. The van der Waals surface area contributed by atoms with Crippen LogP contribution in [0.1, 0.15) is 28.3 Å². The van der Waals surface area contributed by atoms with Crippen LogP contribution in [-0.4, -0.2) is 0 Å². The quantitative estimate of drug-likeness (QED) is 0.585. The van der Waals surface area contributed by atoms with Crippen LogP contribution >= 0.6 is 31.9 Å². The molecule has 2 aromatic carbocycles. The lowest BCUT2D eigenvalue weighted by molar-refractivity contribution is 0.551. The molecule has 0 aromatic heterocycles. The molecule has 0 amide bonds. The molecule has 0 saturated carbocycles. The molecule has 2 rings (SSSR count). The molecule has 4 heteroatoms.